The van der Waals surface area contributed by atoms with Crippen molar-refractivity contribution in [2.45, 2.75) is 37.1 Å². The van der Waals surface area contributed by atoms with Gasteiger partial charge in [0.15, 0.2) is 11.0 Å². The smallest absolute Gasteiger partial charge is 0.321 e. The number of aromatic nitrogens is 3. The summed E-state index contributed by atoms with van der Waals surface area (Å²) in [4.78, 5) is 23.9. The molecule has 0 fully saturated rings. The molecule has 0 aliphatic carbocycles. The van der Waals surface area contributed by atoms with Crippen LogP contribution in [0.25, 0.3) is 17.1 Å². The zero-order valence-corrected chi connectivity index (χ0v) is 19.3. The van der Waals surface area contributed by atoms with Crippen LogP contribution in [0.3, 0.4) is 0 Å². The van der Waals surface area contributed by atoms with Crippen LogP contribution in [0.2, 0.25) is 5.02 Å². The summed E-state index contributed by atoms with van der Waals surface area (Å²) in [6, 6.07) is 14.9. The Labute approximate surface area is 190 Å². The number of thioether (sulfide) groups is 1. The Hall–Kier alpha value is -2.84. The second kappa shape index (κ2) is 9.98. The zero-order chi connectivity index (χ0) is 22.5. The number of benzene rings is 2. The quantitative estimate of drug-likeness (QED) is 0.526. The van der Waals surface area contributed by atoms with Crippen LogP contribution in [0.1, 0.15) is 32.3 Å². The van der Waals surface area contributed by atoms with E-state index in [2.05, 4.69) is 40.7 Å². The molecule has 0 bridgehead atoms. The molecule has 2 aromatic carbocycles. The zero-order valence-electron chi connectivity index (χ0n) is 17.7. The van der Waals surface area contributed by atoms with Gasteiger partial charge in [0.25, 0.3) is 0 Å². The van der Waals surface area contributed by atoms with Crippen LogP contribution in [-0.2, 0) is 4.79 Å². The molecule has 3 amide bonds. The lowest BCUT2D eigenvalue weighted by Gasteiger charge is -2.18. The number of nitrogens with zero attached hydrogens (tertiary/aromatic N) is 3. The van der Waals surface area contributed by atoms with Crippen molar-refractivity contribution in [1.82, 2.24) is 25.4 Å². The van der Waals surface area contributed by atoms with Gasteiger partial charge in [0.1, 0.15) is 0 Å². The molecule has 0 aliphatic heterocycles. The molecule has 1 aromatic heterocycles. The number of rotatable bonds is 6. The molecule has 3 rings (SSSR count). The van der Waals surface area contributed by atoms with E-state index in [1.54, 1.807) is 19.1 Å². The van der Waals surface area contributed by atoms with Gasteiger partial charge in [-0.2, -0.15) is 0 Å². The first-order valence-corrected chi connectivity index (χ1v) is 11.1. The number of imide groups is 1. The molecular formula is C22H24ClN5O2S. The van der Waals surface area contributed by atoms with Gasteiger partial charge in [-0.1, -0.05) is 55.4 Å². The highest BCUT2D eigenvalue weighted by molar-refractivity contribution is 8.00. The van der Waals surface area contributed by atoms with E-state index in [4.69, 9.17) is 11.6 Å². The van der Waals surface area contributed by atoms with Crippen LogP contribution < -0.4 is 10.6 Å². The van der Waals surface area contributed by atoms with Crippen LogP contribution in [0, 0.1) is 0 Å². The van der Waals surface area contributed by atoms with Gasteiger partial charge in [-0.3, -0.25) is 14.7 Å². The Balaban J connectivity index is 2.08. The SMILES string of the molecule is CNC(=O)NC(=O)C(C)Sc1nnc(-c2ccc(Cl)cc2)n1-c1ccccc1C(C)C. The monoisotopic (exact) mass is 457 g/mol. The second-order valence-electron chi connectivity index (χ2n) is 7.19. The standard InChI is InChI=1S/C22H24ClN5O2S/c1-13(2)17-7-5-6-8-18(17)28-19(15-9-11-16(23)12-10-15)26-27-22(28)31-14(3)20(29)25-21(30)24-4/h5-14H,1-4H3,(H2,24,25,29,30). The maximum atomic E-state index is 12.4. The number of nitrogens with one attached hydrogen (secondary N) is 2. The minimum Gasteiger partial charge on any atom is -0.341 e. The van der Waals surface area contributed by atoms with Gasteiger partial charge in [-0.25, -0.2) is 4.79 Å². The lowest BCUT2D eigenvalue weighted by Crippen LogP contribution is -2.41. The molecule has 31 heavy (non-hydrogen) atoms. The van der Waals surface area contributed by atoms with Gasteiger partial charge in [0, 0.05) is 17.6 Å². The Bertz CT molecular complexity index is 1080. The number of urea groups is 1. The van der Waals surface area contributed by atoms with Crippen molar-refractivity contribution in [2.75, 3.05) is 7.05 Å². The van der Waals surface area contributed by atoms with E-state index < -0.39 is 17.2 Å². The van der Waals surface area contributed by atoms with E-state index in [0.29, 0.717) is 16.0 Å². The van der Waals surface area contributed by atoms with Gasteiger partial charge < -0.3 is 5.32 Å². The van der Waals surface area contributed by atoms with Crippen molar-refractivity contribution in [1.29, 1.82) is 0 Å². The topological polar surface area (TPSA) is 88.9 Å². The maximum absolute atomic E-state index is 12.4. The molecule has 0 radical (unpaired) electrons. The molecule has 0 saturated carbocycles. The van der Waals surface area contributed by atoms with Crippen molar-refractivity contribution in [3.8, 4) is 17.1 Å². The van der Waals surface area contributed by atoms with E-state index in [1.807, 2.05) is 34.9 Å². The van der Waals surface area contributed by atoms with Crippen molar-refractivity contribution < 1.29 is 9.59 Å². The van der Waals surface area contributed by atoms with Crippen molar-refractivity contribution >= 4 is 35.3 Å². The minimum absolute atomic E-state index is 0.267. The fourth-order valence-electron chi connectivity index (χ4n) is 3.02. The molecule has 2 N–H and O–H groups in total. The third-order valence-corrected chi connectivity index (χ3v) is 5.95. The van der Waals surface area contributed by atoms with E-state index in [-0.39, 0.29) is 5.92 Å². The van der Waals surface area contributed by atoms with E-state index in [1.165, 1.54) is 18.8 Å². The highest BCUT2D eigenvalue weighted by Crippen LogP contribution is 2.33. The number of hydrogen-bond donors (Lipinski definition) is 2. The predicted molar refractivity (Wildman–Crippen MR) is 124 cm³/mol. The first-order valence-electron chi connectivity index (χ1n) is 9.81. The second-order valence-corrected chi connectivity index (χ2v) is 8.93. The predicted octanol–water partition coefficient (Wildman–Crippen LogP) is 4.65. The van der Waals surface area contributed by atoms with E-state index >= 15 is 0 Å². The van der Waals surface area contributed by atoms with Gasteiger partial charge in [-0.15, -0.1) is 10.2 Å². The molecule has 7 nitrogen and oxygen atoms in total. The minimum atomic E-state index is -0.565. The number of hydrogen-bond acceptors (Lipinski definition) is 5. The van der Waals surface area contributed by atoms with Gasteiger partial charge in [0.2, 0.25) is 5.91 Å². The highest BCUT2D eigenvalue weighted by atomic mass is 35.5. The first-order chi connectivity index (χ1) is 14.8. The van der Waals surface area contributed by atoms with Crippen LogP contribution in [-0.4, -0.2) is 39.0 Å². The maximum Gasteiger partial charge on any atom is 0.321 e. The van der Waals surface area contributed by atoms with Crippen molar-refractivity contribution in [3.05, 3.63) is 59.1 Å². The highest BCUT2D eigenvalue weighted by Gasteiger charge is 2.24. The van der Waals surface area contributed by atoms with Crippen LogP contribution in [0.5, 0.6) is 0 Å². The summed E-state index contributed by atoms with van der Waals surface area (Å²) in [6.07, 6.45) is 0. The fraction of sp³-hybridized carbons (Fsp3) is 0.273. The lowest BCUT2D eigenvalue weighted by molar-refractivity contribution is -0.119. The van der Waals surface area contributed by atoms with Gasteiger partial charge in [-0.05, 0) is 48.7 Å². The average Bonchev–Trinajstić information content (AvgIpc) is 3.17. The first kappa shape index (κ1) is 22.8. The van der Waals surface area contributed by atoms with E-state index in [9.17, 15) is 9.59 Å². The van der Waals surface area contributed by atoms with E-state index in [0.717, 1.165) is 16.8 Å². The Morgan fingerprint density at radius 3 is 2.35 bits per heavy atom. The average molecular weight is 458 g/mol. The Kier molecular flexibility index (Phi) is 7.35. The molecule has 9 heteroatoms. The normalized spacial score (nSPS) is 11.9. The number of carbonyl (C=O) groups is 2. The molecule has 0 aliphatic rings. The summed E-state index contributed by atoms with van der Waals surface area (Å²) in [5, 5.41) is 14.1. The summed E-state index contributed by atoms with van der Waals surface area (Å²) in [5.41, 5.74) is 2.92. The largest absolute Gasteiger partial charge is 0.341 e. The number of amides is 3. The molecule has 0 spiro atoms. The molecule has 1 unspecified atom stereocenters. The molecule has 1 atom stereocenters. The Morgan fingerprint density at radius 1 is 1.03 bits per heavy atom. The summed E-state index contributed by atoms with van der Waals surface area (Å²) >= 11 is 7.30. The number of para-hydroxylation sites is 1. The van der Waals surface area contributed by atoms with Crippen LogP contribution >= 0.6 is 23.4 Å². The summed E-state index contributed by atoms with van der Waals surface area (Å²) < 4.78 is 1.95. The Morgan fingerprint density at radius 2 is 1.71 bits per heavy atom. The lowest BCUT2D eigenvalue weighted by atomic mass is 10.0. The summed E-state index contributed by atoms with van der Waals surface area (Å²) in [7, 11) is 1.46. The third kappa shape index (κ3) is 5.26. The van der Waals surface area contributed by atoms with Crippen molar-refractivity contribution in [3.63, 3.8) is 0 Å². The number of carbonyl (C=O) groups excluding carboxylic acids is 2. The molecular weight excluding hydrogens is 434 g/mol. The van der Waals surface area contributed by atoms with Crippen LogP contribution in [0.4, 0.5) is 4.79 Å². The van der Waals surface area contributed by atoms with Gasteiger partial charge >= 0.3 is 6.03 Å². The van der Waals surface area contributed by atoms with Crippen LogP contribution in [0.15, 0.2) is 53.7 Å². The molecule has 0 saturated heterocycles. The summed E-state index contributed by atoms with van der Waals surface area (Å²) in [5.74, 6) is 0.499. The fourth-order valence-corrected chi connectivity index (χ4v) is 4.00. The third-order valence-electron chi connectivity index (χ3n) is 4.65. The molecule has 162 valence electrons. The van der Waals surface area contributed by atoms with Crippen molar-refractivity contribution in [2.24, 2.45) is 0 Å². The molecule has 3 aromatic rings. The summed E-state index contributed by atoms with van der Waals surface area (Å²) in [6.45, 7) is 5.97. The van der Waals surface area contributed by atoms with Gasteiger partial charge in [0.05, 0.1) is 10.9 Å². The number of halogens is 1. The molecule has 1 heterocycles.